The van der Waals surface area contributed by atoms with Gasteiger partial charge in [-0.3, -0.25) is 4.79 Å². The molecule has 1 aliphatic rings. The quantitative estimate of drug-likeness (QED) is 0.417. The number of benzene rings is 2. The van der Waals surface area contributed by atoms with E-state index in [9.17, 15) is 4.79 Å². The summed E-state index contributed by atoms with van der Waals surface area (Å²) in [4.78, 5) is 12.4. The van der Waals surface area contributed by atoms with Gasteiger partial charge in [-0.25, -0.2) is 5.43 Å². The normalized spacial score (nSPS) is 19.5. The number of rotatable bonds is 8. The lowest BCUT2D eigenvalue weighted by Gasteiger charge is -2.07. The highest BCUT2D eigenvalue weighted by molar-refractivity contribution is 6.01. The lowest BCUT2D eigenvalue weighted by Crippen LogP contribution is -2.22. The van der Waals surface area contributed by atoms with E-state index in [4.69, 9.17) is 0 Å². The van der Waals surface area contributed by atoms with Crippen LogP contribution in [0.15, 0.2) is 65.8 Å². The van der Waals surface area contributed by atoms with E-state index >= 15 is 0 Å². The molecule has 1 saturated carbocycles. The largest absolute Gasteiger partial charge is 0.273 e. The molecule has 0 bridgehead atoms. The summed E-state index contributed by atoms with van der Waals surface area (Å²) in [5.41, 5.74) is 6.13. The zero-order chi connectivity index (χ0) is 17.5. The second kappa shape index (κ2) is 8.61. The van der Waals surface area contributed by atoms with E-state index in [2.05, 4.69) is 41.7 Å². The second-order valence-corrected chi connectivity index (χ2v) is 6.72. The van der Waals surface area contributed by atoms with Crippen molar-refractivity contribution < 1.29 is 4.79 Å². The van der Waals surface area contributed by atoms with E-state index in [1.54, 1.807) is 0 Å². The van der Waals surface area contributed by atoms with Gasteiger partial charge in [0.25, 0.3) is 0 Å². The molecule has 0 radical (unpaired) electrons. The third-order valence-corrected chi connectivity index (χ3v) is 4.78. The van der Waals surface area contributed by atoms with E-state index in [0.29, 0.717) is 5.92 Å². The smallest absolute Gasteiger partial charge is 0.243 e. The molecule has 25 heavy (non-hydrogen) atoms. The molecule has 130 valence electrons. The van der Waals surface area contributed by atoms with Crippen LogP contribution in [-0.2, 0) is 4.79 Å². The Morgan fingerprint density at radius 1 is 1.04 bits per heavy atom. The Balaban J connectivity index is 1.62. The van der Waals surface area contributed by atoms with E-state index < -0.39 is 0 Å². The van der Waals surface area contributed by atoms with Gasteiger partial charge in [-0.15, -0.1) is 0 Å². The molecule has 3 rings (SSSR count). The van der Waals surface area contributed by atoms with Crippen LogP contribution in [0.25, 0.3) is 0 Å². The summed E-state index contributed by atoms with van der Waals surface area (Å²) in [6.45, 7) is 2.19. The maximum absolute atomic E-state index is 12.4. The van der Waals surface area contributed by atoms with Crippen LogP contribution < -0.4 is 5.43 Å². The van der Waals surface area contributed by atoms with E-state index in [1.165, 1.54) is 18.4 Å². The van der Waals surface area contributed by atoms with Crippen molar-refractivity contribution >= 4 is 11.6 Å². The maximum Gasteiger partial charge on any atom is 0.243 e. The molecule has 2 atom stereocenters. The molecular formula is C22H26N2O. The van der Waals surface area contributed by atoms with Gasteiger partial charge in [0.05, 0.1) is 5.71 Å². The predicted molar refractivity (Wildman–Crippen MR) is 103 cm³/mol. The van der Waals surface area contributed by atoms with Gasteiger partial charge in [0.15, 0.2) is 0 Å². The summed E-state index contributed by atoms with van der Waals surface area (Å²) in [5, 5.41) is 4.47. The first-order valence-corrected chi connectivity index (χ1v) is 9.26. The third-order valence-electron chi connectivity index (χ3n) is 4.78. The Morgan fingerprint density at radius 2 is 1.72 bits per heavy atom. The summed E-state index contributed by atoms with van der Waals surface area (Å²) in [5.74, 6) is 0.438. The zero-order valence-electron chi connectivity index (χ0n) is 14.8. The van der Waals surface area contributed by atoms with Crippen molar-refractivity contribution in [1.82, 2.24) is 5.43 Å². The molecule has 1 N–H and O–H groups in total. The highest BCUT2D eigenvalue weighted by Crippen LogP contribution is 2.47. The molecule has 1 aliphatic carbocycles. The van der Waals surface area contributed by atoms with Crippen LogP contribution in [0.5, 0.6) is 0 Å². The minimum atomic E-state index is 0.0396. The fourth-order valence-electron chi connectivity index (χ4n) is 3.20. The van der Waals surface area contributed by atoms with Crippen molar-refractivity contribution in [2.24, 2.45) is 11.0 Å². The Labute approximate surface area is 150 Å². The van der Waals surface area contributed by atoms with Crippen molar-refractivity contribution in [3.8, 4) is 0 Å². The summed E-state index contributed by atoms with van der Waals surface area (Å²) < 4.78 is 0. The maximum atomic E-state index is 12.4. The number of hydrazone groups is 1. The minimum Gasteiger partial charge on any atom is -0.273 e. The SMILES string of the molecule is CCCCC/C(=N/NC(=O)[C@@H]1C[C@H]1c1ccccc1)c1ccccc1. The van der Waals surface area contributed by atoms with Crippen molar-refractivity contribution in [3.63, 3.8) is 0 Å². The third kappa shape index (κ3) is 4.79. The molecule has 3 heteroatoms. The van der Waals surface area contributed by atoms with Crippen LogP contribution in [-0.4, -0.2) is 11.6 Å². The first kappa shape index (κ1) is 17.4. The van der Waals surface area contributed by atoms with Crippen molar-refractivity contribution in [2.75, 3.05) is 0 Å². The molecular weight excluding hydrogens is 308 g/mol. The first-order chi connectivity index (χ1) is 12.3. The van der Waals surface area contributed by atoms with Gasteiger partial charge in [-0.05, 0) is 36.3 Å². The molecule has 0 saturated heterocycles. The Kier molecular flexibility index (Phi) is 5.99. The monoisotopic (exact) mass is 334 g/mol. The van der Waals surface area contributed by atoms with Crippen LogP contribution in [0.2, 0.25) is 0 Å². The average molecular weight is 334 g/mol. The lowest BCUT2D eigenvalue weighted by molar-refractivity contribution is -0.122. The predicted octanol–water partition coefficient (Wildman–Crippen LogP) is 4.89. The van der Waals surface area contributed by atoms with Gasteiger partial charge >= 0.3 is 0 Å². The molecule has 0 heterocycles. The van der Waals surface area contributed by atoms with Gasteiger partial charge < -0.3 is 0 Å². The highest BCUT2D eigenvalue weighted by atomic mass is 16.2. The Hall–Kier alpha value is -2.42. The molecule has 3 nitrogen and oxygen atoms in total. The fraction of sp³-hybridized carbons (Fsp3) is 0.364. The van der Waals surface area contributed by atoms with Crippen molar-refractivity contribution in [3.05, 3.63) is 71.8 Å². The van der Waals surface area contributed by atoms with E-state index in [-0.39, 0.29) is 11.8 Å². The Morgan fingerprint density at radius 3 is 2.40 bits per heavy atom. The van der Waals surface area contributed by atoms with Gasteiger partial charge in [-0.2, -0.15) is 5.10 Å². The van der Waals surface area contributed by atoms with Gasteiger partial charge in [0.2, 0.25) is 5.91 Å². The van der Waals surface area contributed by atoms with Crippen LogP contribution in [0.4, 0.5) is 0 Å². The van der Waals surface area contributed by atoms with Gasteiger partial charge in [0, 0.05) is 5.92 Å². The second-order valence-electron chi connectivity index (χ2n) is 6.72. The van der Waals surface area contributed by atoms with Crippen molar-refractivity contribution in [1.29, 1.82) is 0 Å². The van der Waals surface area contributed by atoms with E-state index in [0.717, 1.165) is 30.5 Å². The molecule has 0 aliphatic heterocycles. The number of nitrogens with one attached hydrogen (secondary N) is 1. The van der Waals surface area contributed by atoms with Gasteiger partial charge in [0.1, 0.15) is 0 Å². The Bertz CT molecular complexity index is 709. The number of hydrogen-bond acceptors (Lipinski definition) is 2. The molecule has 2 aromatic rings. The number of unbranched alkanes of at least 4 members (excludes halogenated alkanes) is 2. The molecule has 0 spiro atoms. The van der Waals surface area contributed by atoms with E-state index in [1.807, 2.05) is 36.4 Å². The fourth-order valence-corrected chi connectivity index (χ4v) is 3.20. The molecule has 2 aromatic carbocycles. The molecule has 1 fully saturated rings. The average Bonchev–Trinajstić information content (AvgIpc) is 3.47. The van der Waals surface area contributed by atoms with Crippen LogP contribution in [0, 0.1) is 5.92 Å². The lowest BCUT2D eigenvalue weighted by atomic mass is 10.0. The summed E-state index contributed by atoms with van der Waals surface area (Å²) in [6, 6.07) is 20.4. The summed E-state index contributed by atoms with van der Waals surface area (Å²) in [6.07, 6.45) is 5.26. The van der Waals surface area contributed by atoms with Crippen LogP contribution in [0.3, 0.4) is 0 Å². The number of hydrogen-bond donors (Lipinski definition) is 1. The highest BCUT2D eigenvalue weighted by Gasteiger charge is 2.43. The van der Waals surface area contributed by atoms with Crippen LogP contribution in [0.1, 0.15) is 56.1 Å². The number of carbonyl (C=O) groups is 1. The summed E-state index contributed by atoms with van der Waals surface area (Å²) in [7, 11) is 0. The minimum absolute atomic E-state index is 0.0396. The zero-order valence-corrected chi connectivity index (χ0v) is 14.8. The molecule has 0 unspecified atom stereocenters. The summed E-state index contributed by atoms with van der Waals surface area (Å²) >= 11 is 0. The number of amides is 1. The van der Waals surface area contributed by atoms with Crippen molar-refractivity contribution in [2.45, 2.75) is 44.9 Å². The van der Waals surface area contributed by atoms with Gasteiger partial charge in [-0.1, -0.05) is 80.4 Å². The topological polar surface area (TPSA) is 41.5 Å². The standard InChI is InChI=1S/C22H26N2O/c1-2-3-6-15-21(18-13-9-5-10-14-18)23-24-22(25)20-16-19(20)17-11-7-4-8-12-17/h4-5,7-14,19-20H,2-3,6,15-16H2,1H3,(H,24,25)/b23-21-/t19-,20+/m0/s1. The molecule has 1 amide bonds. The molecule has 0 aromatic heterocycles. The number of carbonyl (C=O) groups excluding carboxylic acids is 1. The first-order valence-electron chi connectivity index (χ1n) is 9.26. The van der Waals surface area contributed by atoms with Crippen LogP contribution >= 0.6 is 0 Å². The number of nitrogens with zero attached hydrogens (tertiary/aromatic N) is 1.